The van der Waals surface area contributed by atoms with Crippen molar-refractivity contribution in [3.05, 3.63) is 11.6 Å². The van der Waals surface area contributed by atoms with E-state index in [1.165, 1.54) is 12.0 Å². The number of carbonyl (C=O) groups is 1. The third-order valence-electron chi connectivity index (χ3n) is 3.84. The molecule has 1 fully saturated rings. The van der Waals surface area contributed by atoms with Gasteiger partial charge in [-0.05, 0) is 31.3 Å². The van der Waals surface area contributed by atoms with Crippen LogP contribution in [0, 0.1) is 0 Å². The van der Waals surface area contributed by atoms with Crippen LogP contribution in [0.25, 0.3) is 0 Å². The van der Waals surface area contributed by atoms with E-state index in [9.17, 15) is 4.79 Å². The number of amides is 1. The minimum Gasteiger partial charge on any atom is -0.380 e. The third kappa shape index (κ3) is 3.07. The summed E-state index contributed by atoms with van der Waals surface area (Å²) in [5.74, 6) is 0.208. The Hall–Kier alpha value is -0.870. The van der Waals surface area contributed by atoms with E-state index < -0.39 is 0 Å². The van der Waals surface area contributed by atoms with Crippen molar-refractivity contribution in [2.75, 3.05) is 26.8 Å². The molecule has 1 amide bonds. The van der Waals surface area contributed by atoms with Crippen molar-refractivity contribution in [3.8, 4) is 0 Å². The van der Waals surface area contributed by atoms with Gasteiger partial charge in [-0.1, -0.05) is 6.08 Å². The predicted molar refractivity (Wildman–Crippen MR) is 66.5 cm³/mol. The maximum absolute atomic E-state index is 12.1. The van der Waals surface area contributed by atoms with Crippen molar-refractivity contribution in [1.82, 2.24) is 4.90 Å². The molecule has 0 spiro atoms. The molecule has 1 aliphatic carbocycles. The summed E-state index contributed by atoms with van der Waals surface area (Å²) in [6.45, 7) is 2.21. The highest BCUT2D eigenvalue weighted by Gasteiger charge is 2.36. The Kier molecular flexibility index (Phi) is 3.84. The monoisotopic (exact) mass is 238 g/mol. The van der Waals surface area contributed by atoms with Crippen molar-refractivity contribution >= 4 is 5.91 Å². The average molecular weight is 238 g/mol. The molecule has 4 nitrogen and oxygen atoms in total. The highest BCUT2D eigenvalue weighted by Crippen LogP contribution is 2.32. The van der Waals surface area contributed by atoms with Crippen LogP contribution in [0.15, 0.2) is 11.6 Å². The Bertz CT molecular complexity index is 321. The molecule has 17 heavy (non-hydrogen) atoms. The Morgan fingerprint density at radius 3 is 2.82 bits per heavy atom. The molecule has 0 aromatic carbocycles. The van der Waals surface area contributed by atoms with Crippen LogP contribution in [0.2, 0.25) is 0 Å². The van der Waals surface area contributed by atoms with Crippen LogP contribution in [-0.4, -0.2) is 43.2 Å². The number of nitrogens with zero attached hydrogens (tertiary/aromatic N) is 1. The fraction of sp³-hybridized carbons (Fsp3) is 0.769. The number of methoxy groups -OCH3 is 1. The van der Waals surface area contributed by atoms with Gasteiger partial charge in [-0.2, -0.15) is 0 Å². The lowest BCUT2D eigenvalue weighted by atomic mass is 9.75. The molecule has 2 aliphatic rings. The Balaban J connectivity index is 1.81. The standard InChI is InChI=1S/C13H22N2O2/c1-17-10-11-3-7-15(8-4-11)12(16)9-13(14)5-2-6-13/h3H,2,4-10,14H2,1H3. The minimum absolute atomic E-state index is 0.201. The second-order valence-corrected chi connectivity index (χ2v) is 5.28. The van der Waals surface area contributed by atoms with Crippen molar-refractivity contribution in [3.63, 3.8) is 0 Å². The van der Waals surface area contributed by atoms with Crippen LogP contribution in [-0.2, 0) is 9.53 Å². The van der Waals surface area contributed by atoms with Gasteiger partial charge in [0, 0.05) is 32.2 Å². The molecule has 0 saturated heterocycles. The summed E-state index contributed by atoms with van der Waals surface area (Å²) in [6.07, 6.45) is 6.71. The van der Waals surface area contributed by atoms with Crippen molar-refractivity contribution < 1.29 is 9.53 Å². The van der Waals surface area contributed by atoms with E-state index in [2.05, 4.69) is 6.08 Å². The first-order chi connectivity index (χ1) is 8.13. The summed E-state index contributed by atoms with van der Waals surface area (Å²) in [6, 6.07) is 0. The van der Waals surface area contributed by atoms with E-state index in [0.29, 0.717) is 19.6 Å². The zero-order valence-corrected chi connectivity index (χ0v) is 10.6. The highest BCUT2D eigenvalue weighted by molar-refractivity contribution is 5.78. The quantitative estimate of drug-likeness (QED) is 0.745. The molecular weight excluding hydrogens is 216 g/mol. The zero-order chi connectivity index (χ0) is 12.3. The van der Waals surface area contributed by atoms with E-state index >= 15 is 0 Å². The molecule has 0 unspecified atom stereocenters. The topological polar surface area (TPSA) is 55.6 Å². The molecule has 0 atom stereocenters. The average Bonchev–Trinajstić information content (AvgIpc) is 2.28. The first kappa shape index (κ1) is 12.6. The Morgan fingerprint density at radius 1 is 1.59 bits per heavy atom. The summed E-state index contributed by atoms with van der Waals surface area (Å²) < 4.78 is 5.09. The molecule has 0 aromatic rings. The predicted octanol–water partition coefficient (Wildman–Crippen LogP) is 1.06. The van der Waals surface area contributed by atoms with Crippen LogP contribution >= 0.6 is 0 Å². The van der Waals surface area contributed by atoms with E-state index in [0.717, 1.165) is 25.8 Å². The second-order valence-electron chi connectivity index (χ2n) is 5.28. The van der Waals surface area contributed by atoms with Gasteiger partial charge in [-0.3, -0.25) is 4.79 Å². The third-order valence-corrected chi connectivity index (χ3v) is 3.84. The van der Waals surface area contributed by atoms with Gasteiger partial charge in [-0.15, -0.1) is 0 Å². The van der Waals surface area contributed by atoms with Gasteiger partial charge in [0.25, 0.3) is 0 Å². The number of rotatable bonds is 4. The van der Waals surface area contributed by atoms with Crippen molar-refractivity contribution in [2.45, 2.75) is 37.6 Å². The molecule has 96 valence electrons. The molecule has 1 heterocycles. The van der Waals surface area contributed by atoms with Gasteiger partial charge >= 0.3 is 0 Å². The van der Waals surface area contributed by atoms with Crippen LogP contribution < -0.4 is 5.73 Å². The molecule has 1 saturated carbocycles. The minimum atomic E-state index is -0.201. The summed E-state index contributed by atoms with van der Waals surface area (Å²) in [5, 5.41) is 0. The van der Waals surface area contributed by atoms with Crippen LogP contribution in [0.1, 0.15) is 32.1 Å². The van der Waals surface area contributed by atoms with Gasteiger partial charge in [-0.25, -0.2) is 0 Å². The summed E-state index contributed by atoms with van der Waals surface area (Å²) >= 11 is 0. The maximum atomic E-state index is 12.1. The lowest BCUT2D eigenvalue weighted by Gasteiger charge is -2.39. The highest BCUT2D eigenvalue weighted by atomic mass is 16.5. The lowest BCUT2D eigenvalue weighted by Crippen LogP contribution is -2.51. The van der Waals surface area contributed by atoms with E-state index in [1.807, 2.05) is 4.90 Å². The van der Waals surface area contributed by atoms with Crippen molar-refractivity contribution in [2.24, 2.45) is 5.73 Å². The fourth-order valence-corrected chi connectivity index (χ4v) is 2.47. The zero-order valence-electron chi connectivity index (χ0n) is 10.6. The number of hydrogen-bond donors (Lipinski definition) is 1. The van der Waals surface area contributed by atoms with Crippen LogP contribution in [0.5, 0.6) is 0 Å². The molecule has 1 aliphatic heterocycles. The SMILES string of the molecule is COCC1=CCN(C(=O)CC2(N)CCC2)CC1. The molecule has 0 aromatic heterocycles. The van der Waals surface area contributed by atoms with E-state index in [-0.39, 0.29) is 11.4 Å². The largest absolute Gasteiger partial charge is 0.380 e. The molecule has 4 heteroatoms. The smallest absolute Gasteiger partial charge is 0.224 e. The van der Waals surface area contributed by atoms with Crippen LogP contribution in [0.4, 0.5) is 0 Å². The van der Waals surface area contributed by atoms with Gasteiger partial charge in [0.05, 0.1) is 6.61 Å². The number of nitrogens with two attached hydrogens (primary N) is 1. The summed E-state index contributed by atoms with van der Waals surface area (Å²) in [7, 11) is 1.70. The van der Waals surface area contributed by atoms with E-state index in [1.54, 1.807) is 7.11 Å². The number of ether oxygens (including phenoxy) is 1. The first-order valence-electron chi connectivity index (χ1n) is 6.36. The number of hydrogen-bond acceptors (Lipinski definition) is 3. The van der Waals surface area contributed by atoms with Gasteiger partial charge in [0.15, 0.2) is 0 Å². The summed E-state index contributed by atoms with van der Waals surface area (Å²) in [5.41, 5.74) is 7.20. The Labute approximate surface area is 103 Å². The lowest BCUT2D eigenvalue weighted by molar-refractivity contribution is -0.133. The van der Waals surface area contributed by atoms with Gasteiger partial charge in [0.2, 0.25) is 5.91 Å². The maximum Gasteiger partial charge on any atom is 0.224 e. The molecule has 0 radical (unpaired) electrons. The van der Waals surface area contributed by atoms with E-state index in [4.69, 9.17) is 10.5 Å². The fourth-order valence-electron chi connectivity index (χ4n) is 2.47. The normalized spacial score (nSPS) is 22.9. The first-order valence-corrected chi connectivity index (χ1v) is 6.36. The molecule has 2 rings (SSSR count). The van der Waals surface area contributed by atoms with Crippen LogP contribution in [0.3, 0.4) is 0 Å². The molecular formula is C13H22N2O2. The molecule has 0 bridgehead atoms. The van der Waals surface area contributed by atoms with Crippen molar-refractivity contribution in [1.29, 1.82) is 0 Å². The summed E-state index contributed by atoms with van der Waals surface area (Å²) in [4.78, 5) is 14.0. The Morgan fingerprint density at radius 2 is 2.35 bits per heavy atom. The number of carbonyl (C=O) groups excluding carboxylic acids is 1. The second kappa shape index (κ2) is 5.19. The molecule has 2 N–H and O–H groups in total. The van der Waals surface area contributed by atoms with Gasteiger partial charge < -0.3 is 15.4 Å². The van der Waals surface area contributed by atoms with Gasteiger partial charge in [0.1, 0.15) is 0 Å².